The van der Waals surface area contributed by atoms with Gasteiger partial charge in [-0.25, -0.2) is 0 Å². The number of benzene rings is 1. The van der Waals surface area contributed by atoms with Crippen molar-refractivity contribution in [3.05, 3.63) is 48.0 Å². The first-order chi connectivity index (χ1) is 6.38. The molecule has 0 unspecified atom stereocenters. The summed E-state index contributed by atoms with van der Waals surface area (Å²) in [5.41, 5.74) is 3.00. The van der Waals surface area contributed by atoms with Gasteiger partial charge in [-0.15, -0.1) is 6.58 Å². The van der Waals surface area contributed by atoms with E-state index in [-0.39, 0.29) is 0 Å². The Balaban J connectivity index is 2.71. The Morgan fingerprint density at radius 1 is 1.15 bits per heavy atom. The summed E-state index contributed by atoms with van der Waals surface area (Å²) in [6.07, 6.45) is 6.64. The fourth-order valence-corrected chi connectivity index (χ4v) is 1.57. The zero-order valence-electron chi connectivity index (χ0n) is 8.42. The van der Waals surface area contributed by atoms with Crippen LogP contribution in [0.15, 0.2) is 36.9 Å². The molecule has 1 aromatic carbocycles. The third-order valence-corrected chi connectivity index (χ3v) is 2.26. The second-order valence-corrected chi connectivity index (χ2v) is 3.35. The molecule has 1 aromatic rings. The summed E-state index contributed by atoms with van der Waals surface area (Å²) in [5, 5.41) is 0. The second-order valence-electron chi connectivity index (χ2n) is 3.35. The van der Waals surface area contributed by atoms with E-state index >= 15 is 0 Å². The van der Waals surface area contributed by atoms with Gasteiger partial charge in [0.1, 0.15) is 0 Å². The normalized spacial score (nSPS) is 9.92. The van der Waals surface area contributed by atoms with E-state index in [9.17, 15) is 0 Å². The number of hydrogen-bond acceptors (Lipinski definition) is 0. The highest BCUT2D eigenvalue weighted by molar-refractivity contribution is 5.27. The van der Waals surface area contributed by atoms with Crippen LogP contribution in [0.5, 0.6) is 0 Å². The zero-order chi connectivity index (χ0) is 9.52. The van der Waals surface area contributed by atoms with Crippen LogP contribution >= 0.6 is 0 Å². The van der Waals surface area contributed by atoms with Gasteiger partial charge in [0.05, 0.1) is 0 Å². The third kappa shape index (κ3) is 3.06. The SMILES string of the molecule is C=CCCc1ccccc1CCC. The van der Waals surface area contributed by atoms with Crippen molar-refractivity contribution in [2.45, 2.75) is 32.6 Å². The monoisotopic (exact) mass is 174 g/mol. The van der Waals surface area contributed by atoms with E-state index in [1.165, 1.54) is 24.0 Å². The second kappa shape index (κ2) is 5.58. The Bertz CT molecular complexity index is 260. The van der Waals surface area contributed by atoms with Crippen LogP contribution in [0.25, 0.3) is 0 Å². The molecule has 0 heteroatoms. The summed E-state index contributed by atoms with van der Waals surface area (Å²) in [6, 6.07) is 8.72. The van der Waals surface area contributed by atoms with Crippen LogP contribution in [0.4, 0.5) is 0 Å². The minimum absolute atomic E-state index is 1.08. The molecule has 0 aliphatic heterocycles. The molecule has 0 spiro atoms. The number of rotatable bonds is 5. The van der Waals surface area contributed by atoms with Crippen molar-refractivity contribution in [2.75, 3.05) is 0 Å². The lowest BCUT2D eigenvalue weighted by Crippen LogP contribution is -1.92. The van der Waals surface area contributed by atoms with Crippen molar-refractivity contribution in [2.24, 2.45) is 0 Å². The van der Waals surface area contributed by atoms with Gasteiger partial charge in [-0.05, 0) is 30.4 Å². The Morgan fingerprint density at radius 3 is 2.31 bits per heavy atom. The molecule has 0 saturated heterocycles. The fraction of sp³-hybridized carbons (Fsp3) is 0.385. The largest absolute Gasteiger partial charge is 0.103 e. The molecule has 70 valence electrons. The molecule has 0 heterocycles. The minimum Gasteiger partial charge on any atom is -0.103 e. The van der Waals surface area contributed by atoms with Crippen LogP contribution in [0.1, 0.15) is 30.9 Å². The van der Waals surface area contributed by atoms with Gasteiger partial charge in [-0.3, -0.25) is 0 Å². The van der Waals surface area contributed by atoms with Crippen LogP contribution in [-0.4, -0.2) is 0 Å². The quantitative estimate of drug-likeness (QED) is 0.596. The van der Waals surface area contributed by atoms with E-state index in [4.69, 9.17) is 0 Å². The summed E-state index contributed by atoms with van der Waals surface area (Å²) >= 11 is 0. The highest BCUT2D eigenvalue weighted by atomic mass is 14.0. The highest BCUT2D eigenvalue weighted by Gasteiger charge is 1.98. The van der Waals surface area contributed by atoms with E-state index in [0.29, 0.717) is 0 Å². The lowest BCUT2D eigenvalue weighted by atomic mass is 10.00. The summed E-state index contributed by atoms with van der Waals surface area (Å²) in [4.78, 5) is 0. The van der Waals surface area contributed by atoms with Gasteiger partial charge < -0.3 is 0 Å². The molecule has 13 heavy (non-hydrogen) atoms. The predicted octanol–water partition coefficient (Wildman–Crippen LogP) is 3.76. The first kappa shape index (κ1) is 10.0. The molecule has 0 atom stereocenters. The topological polar surface area (TPSA) is 0 Å². The smallest absolute Gasteiger partial charge is 0.0242 e. The van der Waals surface area contributed by atoms with Gasteiger partial charge in [0, 0.05) is 0 Å². The maximum atomic E-state index is 3.75. The molecular weight excluding hydrogens is 156 g/mol. The van der Waals surface area contributed by atoms with Crippen LogP contribution in [0.3, 0.4) is 0 Å². The maximum Gasteiger partial charge on any atom is -0.0242 e. The molecule has 0 bridgehead atoms. The van der Waals surface area contributed by atoms with Gasteiger partial charge in [0.25, 0.3) is 0 Å². The summed E-state index contributed by atoms with van der Waals surface area (Å²) in [6.45, 7) is 5.98. The number of hydrogen-bond donors (Lipinski definition) is 0. The van der Waals surface area contributed by atoms with Crippen molar-refractivity contribution >= 4 is 0 Å². The van der Waals surface area contributed by atoms with E-state index in [2.05, 4.69) is 37.8 Å². The van der Waals surface area contributed by atoms with Crippen molar-refractivity contribution < 1.29 is 0 Å². The van der Waals surface area contributed by atoms with Gasteiger partial charge in [-0.1, -0.05) is 43.7 Å². The molecule has 0 fully saturated rings. The molecule has 0 amide bonds. The van der Waals surface area contributed by atoms with E-state index < -0.39 is 0 Å². The molecule has 0 aromatic heterocycles. The standard InChI is InChI=1S/C13H18/c1-3-5-9-13-11-7-6-10-12(13)8-4-2/h3,6-7,10-11H,1,4-5,8-9H2,2H3. The van der Waals surface area contributed by atoms with Gasteiger partial charge in [0.15, 0.2) is 0 Å². The average Bonchev–Trinajstić information content (AvgIpc) is 2.17. The van der Waals surface area contributed by atoms with Crippen molar-refractivity contribution in [1.29, 1.82) is 0 Å². The highest BCUT2D eigenvalue weighted by Crippen LogP contribution is 2.13. The first-order valence-electron chi connectivity index (χ1n) is 5.06. The Kier molecular flexibility index (Phi) is 4.31. The molecule has 0 aliphatic rings. The lowest BCUT2D eigenvalue weighted by Gasteiger charge is -2.06. The molecule has 0 aliphatic carbocycles. The molecule has 0 radical (unpaired) electrons. The lowest BCUT2D eigenvalue weighted by molar-refractivity contribution is 0.884. The van der Waals surface area contributed by atoms with E-state index in [0.717, 1.165) is 12.8 Å². The fourth-order valence-electron chi connectivity index (χ4n) is 1.57. The summed E-state index contributed by atoms with van der Waals surface area (Å²) < 4.78 is 0. The first-order valence-corrected chi connectivity index (χ1v) is 5.06. The molecule has 1 rings (SSSR count). The van der Waals surface area contributed by atoms with Crippen LogP contribution in [-0.2, 0) is 12.8 Å². The third-order valence-electron chi connectivity index (χ3n) is 2.26. The van der Waals surface area contributed by atoms with Crippen molar-refractivity contribution in [1.82, 2.24) is 0 Å². The van der Waals surface area contributed by atoms with Crippen molar-refractivity contribution in [3.8, 4) is 0 Å². The summed E-state index contributed by atoms with van der Waals surface area (Å²) in [5.74, 6) is 0. The van der Waals surface area contributed by atoms with Crippen LogP contribution in [0.2, 0.25) is 0 Å². The Morgan fingerprint density at radius 2 is 1.77 bits per heavy atom. The molecule has 0 nitrogen and oxygen atoms in total. The van der Waals surface area contributed by atoms with Gasteiger partial charge in [-0.2, -0.15) is 0 Å². The van der Waals surface area contributed by atoms with Gasteiger partial charge in [0.2, 0.25) is 0 Å². The van der Waals surface area contributed by atoms with Crippen LogP contribution in [0, 0.1) is 0 Å². The molecular formula is C13H18. The zero-order valence-corrected chi connectivity index (χ0v) is 8.42. The van der Waals surface area contributed by atoms with Crippen LogP contribution < -0.4 is 0 Å². The molecule has 0 N–H and O–H groups in total. The summed E-state index contributed by atoms with van der Waals surface area (Å²) in [7, 11) is 0. The Labute approximate surface area is 81.3 Å². The maximum absolute atomic E-state index is 3.75. The minimum atomic E-state index is 1.08. The molecule has 0 saturated carbocycles. The number of allylic oxidation sites excluding steroid dienone is 1. The average molecular weight is 174 g/mol. The van der Waals surface area contributed by atoms with Crippen molar-refractivity contribution in [3.63, 3.8) is 0 Å². The number of aryl methyl sites for hydroxylation is 2. The predicted molar refractivity (Wildman–Crippen MR) is 59.0 cm³/mol. The van der Waals surface area contributed by atoms with E-state index in [1.54, 1.807) is 0 Å². The van der Waals surface area contributed by atoms with E-state index in [1.807, 2.05) is 6.08 Å². The van der Waals surface area contributed by atoms with Gasteiger partial charge >= 0.3 is 0 Å². The Hall–Kier alpha value is -1.04.